The highest BCUT2D eigenvalue weighted by Crippen LogP contribution is 2.22. The van der Waals surface area contributed by atoms with Crippen LogP contribution in [0, 0.1) is 6.92 Å². The summed E-state index contributed by atoms with van der Waals surface area (Å²) in [7, 11) is 0. The van der Waals surface area contributed by atoms with E-state index in [0.717, 1.165) is 23.4 Å². The van der Waals surface area contributed by atoms with E-state index in [4.69, 9.17) is 9.47 Å². The van der Waals surface area contributed by atoms with E-state index in [0.29, 0.717) is 19.0 Å². The van der Waals surface area contributed by atoms with Crippen LogP contribution in [0.25, 0.3) is 0 Å². The van der Waals surface area contributed by atoms with Crippen molar-refractivity contribution in [3.8, 4) is 11.6 Å². The zero-order valence-corrected chi connectivity index (χ0v) is 12.6. The lowest BCUT2D eigenvalue weighted by Gasteiger charge is -2.09. The molecule has 0 aliphatic heterocycles. The Morgan fingerprint density at radius 2 is 2.00 bits per heavy atom. The first-order valence-corrected chi connectivity index (χ1v) is 7.04. The Labute approximate surface area is 124 Å². The standard InChI is InChI=1S/C16H20N2O3/c1-4-15-12(2)16(21-13(3)19)18(17-15)10-11-20-14-8-6-5-7-9-14/h5-9H,4,10-11H2,1-3H3. The zero-order valence-electron chi connectivity index (χ0n) is 12.6. The van der Waals surface area contributed by atoms with Crippen molar-refractivity contribution >= 4 is 5.97 Å². The summed E-state index contributed by atoms with van der Waals surface area (Å²) in [6.45, 7) is 6.32. The van der Waals surface area contributed by atoms with Crippen LogP contribution in [0.5, 0.6) is 11.6 Å². The van der Waals surface area contributed by atoms with Crippen molar-refractivity contribution in [3.05, 3.63) is 41.6 Å². The molecule has 0 spiro atoms. The molecule has 0 saturated heterocycles. The summed E-state index contributed by atoms with van der Waals surface area (Å²) in [5.41, 5.74) is 1.85. The molecule has 0 aliphatic carbocycles. The molecule has 1 aromatic carbocycles. The van der Waals surface area contributed by atoms with Crippen molar-refractivity contribution in [2.75, 3.05) is 6.61 Å². The molecule has 0 N–H and O–H groups in total. The molecule has 0 radical (unpaired) electrons. The molecule has 0 atom stereocenters. The highest BCUT2D eigenvalue weighted by Gasteiger charge is 2.16. The van der Waals surface area contributed by atoms with Crippen LogP contribution in [0.3, 0.4) is 0 Å². The molecular formula is C16H20N2O3. The molecule has 5 heteroatoms. The van der Waals surface area contributed by atoms with E-state index in [-0.39, 0.29) is 5.97 Å². The average molecular weight is 288 g/mol. The second kappa shape index (κ2) is 6.92. The molecule has 0 bridgehead atoms. The Balaban J connectivity index is 2.06. The minimum atomic E-state index is -0.342. The van der Waals surface area contributed by atoms with E-state index >= 15 is 0 Å². The highest BCUT2D eigenvalue weighted by atomic mass is 16.5. The summed E-state index contributed by atoms with van der Waals surface area (Å²) in [6, 6.07) is 9.59. The number of hydrogen-bond acceptors (Lipinski definition) is 4. The van der Waals surface area contributed by atoms with Gasteiger partial charge < -0.3 is 9.47 Å². The lowest BCUT2D eigenvalue weighted by molar-refractivity contribution is -0.132. The quantitative estimate of drug-likeness (QED) is 0.767. The zero-order chi connectivity index (χ0) is 15.2. The topological polar surface area (TPSA) is 53.4 Å². The third kappa shape index (κ3) is 3.84. The second-order valence-corrected chi connectivity index (χ2v) is 4.71. The second-order valence-electron chi connectivity index (χ2n) is 4.71. The van der Waals surface area contributed by atoms with Gasteiger partial charge in [0, 0.05) is 12.5 Å². The van der Waals surface area contributed by atoms with Crippen LogP contribution < -0.4 is 9.47 Å². The van der Waals surface area contributed by atoms with E-state index in [1.807, 2.05) is 44.2 Å². The first-order chi connectivity index (χ1) is 10.1. The summed E-state index contributed by atoms with van der Waals surface area (Å²) in [4.78, 5) is 11.2. The van der Waals surface area contributed by atoms with E-state index in [1.165, 1.54) is 6.92 Å². The number of para-hydroxylation sites is 1. The smallest absolute Gasteiger partial charge is 0.309 e. The predicted molar refractivity (Wildman–Crippen MR) is 79.6 cm³/mol. The fourth-order valence-corrected chi connectivity index (χ4v) is 2.10. The van der Waals surface area contributed by atoms with E-state index in [9.17, 15) is 4.79 Å². The van der Waals surface area contributed by atoms with Crippen LogP contribution >= 0.6 is 0 Å². The minimum Gasteiger partial charge on any atom is -0.492 e. The lowest BCUT2D eigenvalue weighted by Crippen LogP contribution is -2.13. The van der Waals surface area contributed by atoms with Gasteiger partial charge in [-0.3, -0.25) is 4.79 Å². The van der Waals surface area contributed by atoms with Gasteiger partial charge >= 0.3 is 5.97 Å². The van der Waals surface area contributed by atoms with Crippen molar-refractivity contribution in [2.24, 2.45) is 0 Å². The molecule has 0 saturated carbocycles. The van der Waals surface area contributed by atoms with Crippen LogP contribution in [0.2, 0.25) is 0 Å². The van der Waals surface area contributed by atoms with Gasteiger partial charge in [0.2, 0.25) is 5.88 Å². The van der Waals surface area contributed by atoms with Crippen LogP contribution in [-0.4, -0.2) is 22.4 Å². The molecule has 2 rings (SSSR count). The van der Waals surface area contributed by atoms with Crippen molar-refractivity contribution in [2.45, 2.75) is 33.7 Å². The maximum Gasteiger partial charge on any atom is 0.309 e. The number of benzene rings is 1. The Morgan fingerprint density at radius 3 is 2.62 bits per heavy atom. The van der Waals surface area contributed by atoms with Gasteiger partial charge in [-0.25, -0.2) is 4.68 Å². The number of aryl methyl sites for hydroxylation is 1. The van der Waals surface area contributed by atoms with Crippen LogP contribution in [0.4, 0.5) is 0 Å². The molecule has 21 heavy (non-hydrogen) atoms. The van der Waals surface area contributed by atoms with Gasteiger partial charge in [-0.1, -0.05) is 25.1 Å². The van der Waals surface area contributed by atoms with Crippen molar-refractivity contribution in [3.63, 3.8) is 0 Å². The lowest BCUT2D eigenvalue weighted by atomic mass is 10.2. The monoisotopic (exact) mass is 288 g/mol. The third-order valence-electron chi connectivity index (χ3n) is 3.12. The Kier molecular flexibility index (Phi) is 4.98. The number of nitrogens with zero attached hydrogens (tertiary/aromatic N) is 2. The summed E-state index contributed by atoms with van der Waals surface area (Å²) in [5.74, 6) is 0.980. The summed E-state index contributed by atoms with van der Waals surface area (Å²) >= 11 is 0. The van der Waals surface area contributed by atoms with Crippen molar-refractivity contribution < 1.29 is 14.3 Å². The third-order valence-corrected chi connectivity index (χ3v) is 3.12. The van der Waals surface area contributed by atoms with Crippen LogP contribution in [0.1, 0.15) is 25.1 Å². The van der Waals surface area contributed by atoms with Gasteiger partial charge in [0.25, 0.3) is 0 Å². The molecular weight excluding hydrogens is 268 g/mol. The van der Waals surface area contributed by atoms with Gasteiger partial charge in [-0.2, -0.15) is 5.10 Å². The molecule has 0 aliphatic rings. The summed E-state index contributed by atoms with van der Waals surface area (Å²) in [5, 5.41) is 4.47. The first-order valence-electron chi connectivity index (χ1n) is 7.04. The number of hydrogen-bond donors (Lipinski definition) is 0. The maximum absolute atomic E-state index is 11.2. The normalized spacial score (nSPS) is 10.4. The number of aromatic nitrogens is 2. The average Bonchev–Trinajstić information content (AvgIpc) is 2.76. The van der Waals surface area contributed by atoms with Gasteiger partial charge in [0.1, 0.15) is 12.4 Å². The molecule has 5 nitrogen and oxygen atoms in total. The fourth-order valence-electron chi connectivity index (χ4n) is 2.10. The number of esters is 1. The Hall–Kier alpha value is -2.30. The molecule has 0 fully saturated rings. The minimum absolute atomic E-state index is 0.342. The molecule has 1 heterocycles. The number of ether oxygens (including phenoxy) is 2. The van der Waals surface area contributed by atoms with Gasteiger partial charge in [0.15, 0.2) is 0 Å². The molecule has 0 unspecified atom stereocenters. The molecule has 2 aromatic rings. The van der Waals surface area contributed by atoms with E-state index in [2.05, 4.69) is 5.10 Å². The van der Waals surface area contributed by atoms with Gasteiger partial charge in [-0.15, -0.1) is 0 Å². The number of rotatable bonds is 6. The van der Waals surface area contributed by atoms with Crippen molar-refractivity contribution in [1.29, 1.82) is 0 Å². The van der Waals surface area contributed by atoms with E-state index in [1.54, 1.807) is 4.68 Å². The number of carbonyl (C=O) groups is 1. The summed E-state index contributed by atoms with van der Waals surface area (Å²) in [6.07, 6.45) is 0.798. The fraction of sp³-hybridized carbons (Fsp3) is 0.375. The maximum atomic E-state index is 11.2. The molecule has 1 aromatic heterocycles. The van der Waals surface area contributed by atoms with Crippen LogP contribution in [-0.2, 0) is 17.8 Å². The molecule has 0 amide bonds. The number of carbonyl (C=O) groups excluding carboxylic acids is 1. The first kappa shape index (κ1) is 15.1. The highest BCUT2D eigenvalue weighted by molar-refractivity contribution is 5.69. The Morgan fingerprint density at radius 1 is 1.29 bits per heavy atom. The van der Waals surface area contributed by atoms with Gasteiger partial charge in [0.05, 0.1) is 12.2 Å². The van der Waals surface area contributed by atoms with Gasteiger partial charge in [-0.05, 0) is 25.5 Å². The summed E-state index contributed by atoms with van der Waals surface area (Å²) < 4.78 is 12.6. The molecule has 112 valence electrons. The van der Waals surface area contributed by atoms with Crippen LogP contribution in [0.15, 0.2) is 30.3 Å². The van der Waals surface area contributed by atoms with Crippen molar-refractivity contribution in [1.82, 2.24) is 9.78 Å². The SMILES string of the molecule is CCc1nn(CCOc2ccccc2)c(OC(C)=O)c1C. The van der Waals surface area contributed by atoms with E-state index < -0.39 is 0 Å². The predicted octanol–water partition coefficient (Wildman–Crippen LogP) is 2.76. The Bertz CT molecular complexity index is 605. The largest absolute Gasteiger partial charge is 0.492 e.